The number of nitriles is 1. The Morgan fingerprint density at radius 1 is 1.40 bits per heavy atom. The molecule has 6 nitrogen and oxygen atoms in total. The topological polar surface area (TPSA) is 99.4 Å². The molecule has 0 spiro atoms. The van der Waals surface area contributed by atoms with Crippen LogP contribution in [0.3, 0.4) is 0 Å². The van der Waals surface area contributed by atoms with Crippen LogP contribution in [-0.2, 0) is 14.8 Å². The van der Waals surface area contributed by atoms with Gasteiger partial charge in [0.25, 0.3) is 0 Å². The molecule has 0 aromatic heterocycles. The molecule has 0 aliphatic heterocycles. The zero-order chi connectivity index (χ0) is 15.2. The first kappa shape index (κ1) is 16.6. The van der Waals surface area contributed by atoms with Crippen LogP contribution in [0.15, 0.2) is 29.2 Å². The molecular formula is C13H18N2O4S. The minimum Gasteiger partial charge on any atom is -0.389 e. The van der Waals surface area contributed by atoms with Crippen molar-refractivity contribution in [3.05, 3.63) is 29.8 Å². The van der Waals surface area contributed by atoms with Crippen molar-refractivity contribution in [2.45, 2.75) is 23.8 Å². The summed E-state index contributed by atoms with van der Waals surface area (Å²) >= 11 is 0. The Hall–Kier alpha value is -1.46. The van der Waals surface area contributed by atoms with Crippen molar-refractivity contribution in [2.75, 3.05) is 20.3 Å². The van der Waals surface area contributed by atoms with Gasteiger partial charge < -0.3 is 9.84 Å². The second-order valence-electron chi connectivity index (χ2n) is 4.70. The zero-order valence-corrected chi connectivity index (χ0v) is 12.3. The SMILES string of the molecule is COCCC(C)(O)CNS(=O)(=O)c1ccc(C#N)cc1. The lowest BCUT2D eigenvalue weighted by Crippen LogP contribution is -2.41. The fraction of sp³-hybridized carbons (Fsp3) is 0.462. The number of sulfonamides is 1. The normalized spacial score (nSPS) is 14.5. The fourth-order valence-corrected chi connectivity index (χ4v) is 2.61. The van der Waals surface area contributed by atoms with Gasteiger partial charge >= 0.3 is 0 Å². The Bertz CT molecular complexity index is 573. The highest BCUT2D eigenvalue weighted by molar-refractivity contribution is 7.89. The molecule has 1 unspecified atom stereocenters. The first-order valence-electron chi connectivity index (χ1n) is 6.02. The number of benzene rings is 1. The number of methoxy groups -OCH3 is 1. The van der Waals surface area contributed by atoms with Crippen LogP contribution in [0, 0.1) is 11.3 Å². The smallest absolute Gasteiger partial charge is 0.240 e. The monoisotopic (exact) mass is 298 g/mol. The van der Waals surface area contributed by atoms with E-state index in [1.165, 1.54) is 38.3 Å². The Labute approximate surface area is 119 Å². The molecule has 2 N–H and O–H groups in total. The van der Waals surface area contributed by atoms with E-state index in [1.807, 2.05) is 6.07 Å². The molecule has 1 aromatic carbocycles. The maximum absolute atomic E-state index is 12.0. The van der Waals surface area contributed by atoms with Gasteiger partial charge in [0.2, 0.25) is 10.0 Å². The quantitative estimate of drug-likeness (QED) is 0.769. The van der Waals surface area contributed by atoms with Crippen LogP contribution in [0.1, 0.15) is 18.9 Å². The number of hydrogen-bond donors (Lipinski definition) is 2. The van der Waals surface area contributed by atoms with Crippen molar-refractivity contribution < 1.29 is 18.3 Å². The molecule has 1 aromatic rings. The third kappa shape index (κ3) is 4.90. The number of nitrogens with one attached hydrogen (secondary N) is 1. The number of ether oxygens (including phenoxy) is 1. The maximum Gasteiger partial charge on any atom is 0.240 e. The highest BCUT2D eigenvalue weighted by Gasteiger charge is 2.23. The van der Waals surface area contributed by atoms with Crippen LogP contribution in [0.2, 0.25) is 0 Å². The predicted octanol–water partition coefficient (Wildman–Crippen LogP) is 0.624. The first-order valence-corrected chi connectivity index (χ1v) is 7.50. The van der Waals surface area contributed by atoms with Crippen LogP contribution in [0.25, 0.3) is 0 Å². The fourth-order valence-electron chi connectivity index (χ4n) is 1.45. The second-order valence-corrected chi connectivity index (χ2v) is 6.47. The molecule has 0 radical (unpaired) electrons. The summed E-state index contributed by atoms with van der Waals surface area (Å²) in [6.45, 7) is 1.76. The third-order valence-electron chi connectivity index (χ3n) is 2.78. The minimum atomic E-state index is -3.70. The van der Waals surface area contributed by atoms with Crippen molar-refractivity contribution in [3.8, 4) is 6.07 Å². The lowest BCUT2D eigenvalue weighted by atomic mass is 10.0. The highest BCUT2D eigenvalue weighted by Crippen LogP contribution is 2.13. The molecule has 0 saturated carbocycles. The molecule has 110 valence electrons. The Morgan fingerprint density at radius 3 is 2.50 bits per heavy atom. The molecule has 7 heteroatoms. The van der Waals surface area contributed by atoms with E-state index in [2.05, 4.69) is 4.72 Å². The first-order chi connectivity index (χ1) is 9.30. The molecule has 20 heavy (non-hydrogen) atoms. The van der Waals surface area contributed by atoms with Crippen molar-refractivity contribution in [1.82, 2.24) is 4.72 Å². The van der Waals surface area contributed by atoms with E-state index in [0.29, 0.717) is 18.6 Å². The molecule has 0 bridgehead atoms. The third-order valence-corrected chi connectivity index (χ3v) is 4.20. The molecule has 0 amide bonds. The minimum absolute atomic E-state index is 0.0547. The lowest BCUT2D eigenvalue weighted by molar-refractivity contribution is 0.0292. The number of rotatable bonds is 7. The van der Waals surface area contributed by atoms with Crippen molar-refractivity contribution in [2.24, 2.45) is 0 Å². The van der Waals surface area contributed by atoms with Gasteiger partial charge in [0.15, 0.2) is 0 Å². The van der Waals surface area contributed by atoms with Gasteiger partial charge in [-0.2, -0.15) is 5.26 Å². The Kier molecular flexibility index (Phi) is 5.65. The molecular weight excluding hydrogens is 280 g/mol. The lowest BCUT2D eigenvalue weighted by Gasteiger charge is -2.23. The van der Waals surface area contributed by atoms with E-state index in [-0.39, 0.29) is 11.4 Å². The van der Waals surface area contributed by atoms with Gasteiger partial charge in [-0.15, -0.1) is 0 Å². The van der Waals surface area contributed by atoms with Crippen LogP contribution < -0.4 is 4.72 Å². The van der Waals surface area contributed by atoms with Gasteiger partial charge in [0.1, 0.15) is 0 Å². The van der Waals surface area contributed by atoms with Gasteiger partial charge in [-0.05, 0) is 31.2 Å². The molecule has 0 heterocycles. The van der Waals surface area contributed by atoms with Gasteiger partial charge in [0.05, 0.1) is 22.1 Å². The van der Waals surface area contributed by atoms with Crippen molar-refractivity contribution in [1.29, 1.82) is 5.26 Å². The summed E-state index contributed by atoms with van der Waals surface area (Å²) in [4.78, 5) is 0.0547. The average Bonchev–Trinajstić information content (AvgIpc) is 2.43. The molecule has 0 fully saturated rings. The number of nitrogens with zero attached hydrogens (tertiary/aromatic N) is 1. The van der Waals surface area contributed by atoms with E-state index in [1.54, 1.807) is 0 Å². The van der Waals surface area contributed by atoms with E-state index >= 15 is 0 Å². The molecule has 1 atom stereocenters. The number of aliphatic hydroxyl groups is 1. The number of hydrogen-bond acceptors (Lipinski definition) is 5. The summed E-state index contributed by atoms with van der Waals surface area (Å²) < 4.78 is 31.2. The average molecular weight is 298 g/mol. The van der Waals surface area contributed by atoms with Crippen LogP contribution in [-0.4, -0.2) is 39.4 Å². The molecule has 1 rings (SSSR count). The standard InChI is InChI=1S/C13H18N2O4S/c1-13(16,7-8-19-2)10-15-20(17,18)12-5-3-11(9-14)4-6-12/h3-6,15-16H,7-8,10H2,1-2H3. The van der Waals surface area contributed by atoms with Crippen LogP contribution in [0.5, 0.6) is 0 Å². The summed E-state index contributed by atoms with van der Waals surface area (Å²) in [5.74, 6) is 0. The second kappa shape index (κ2) is 6.81. The summed E-state index contributed by atoms with van der Waals surface area (Å²) in [5, 5.41) is 18.7. The molecule has 0 saturated heterocycles. The van der Waals surface area contributed by atoms with E-state index in [9.17, 15) is 13.5 Å². The Morgan fingerprint density at radius 2 is 2.00 bits per heavy atom. The summed E-state index contributed by atoms with van der Waals surface area (Å²) in [5.41, 5.74) is -0.800. The van der Waals surface area contributed by atoms with Gasteiger partial charge in [-0.3, -0.25) is 0 Å². The summed E-state index contributed by atoms with van der Waals surface area (Å²) in [7, 11) is -2.19. The predicted molar refractivity (Wildman–Crippen MR) is 73.5 cm³/mol. The van der Waals surface area contributed by atoms with Crippen LogP contribution in [0.4, 0.5) is 0 Å². The van der Waals surface area contributed by atoms with E-state index in [0.717, 1.165) is 0 Å². The van der Waals surface area contributed by atoms with Crippen molar-refractivity contribution >= 4 is 10.0 Å². The maximum atomic E-state index is 12.0. The van der Waals surface area contributed by atoms with Crippen molar-refractivity contribution in [3.63, 3.8) is 0 Å². The molecule has 0 aliphatic carbocycles. The zero-order valence-electron chi connectivity index (χ0n) is 11.5. The van der Waals surface area contributed by atoms with Gasteiger partial charge in [-0.1, -0.05) is 0 Å². The molecule has 0 aliphatic rings. The van der Waals surface area contributed by atoms with Gasteiger partial charge in [-0.25, -0.2) is 13.1 Å². The van der Waals surface area contributed by atoms with Crippen LogP contribution >= 0.6 is 0 Å². The van der Waals surface area contributed by atoms with Gasteiger partial charge in [0, 0.05) is 26.7 Å². The summed E-state index contributed by atoms with van der Waals surface area (Å²) in [6, 6.07) is 7.48. The largest absolute Gasteiger partial charge is 0.389 e. The van der Waals surface area contributed by atoms with E-state index < -0.39 is 15.6 Å². The summed E-state index contributed by atoms with van der Waals surface area (Å²) in [6.07, 6.45) is 0.319. The van der Waals surface area contributed by atoms with E-state index in [4.69, 9.17) is 10.00 Å². The highest BCUT2D eigenvalue weighted by atomic mass is 32.2. The Balaban J connectivity index is 2.72.